The second kappa shape index (κ2) is 8.43. The summed E-state index contributed by atoms with van der Waals surface area (Å²) in [6.45, 7) is 4.72. The molecule has 0 radical (unpaired) electrons. The van der Waals surface area contributed by atoms with Gasteiger partial charge in [0.1, 0.15) is 5.83 Å². The number of rotatable bonds is 6. The summed E-state index contributed by atoms with van der Waals surface area (Å²) in [6, 6.07) is 3.95. The van der Waals surface area contributed by atoms with Crippen molar-refractivity contribution < 1.29 is 9.13 Å². The molecular formula is C21H27FN2O. The smallest absolute Gasteiger partial charge is 0.213 e. The minimum Gasteiger partial charge on any atom is -0.478 e. The molecule has 0 bridgehead atoms. The van der Waals surface area contributed by atoms with E-state index in [4.69, 9.17) is 4.74 Å². The van der Waals surface area contributed by atoms with Gasteiger partial charge in [-0.2, -0.15) is 0 Å². The summed E-state index contributed by atoms with van der Waals surface area (Å²) in [4.78, 5) is 6.74. The maximum atomic E-state index is 13.4. The van der Waals surface area contributed by atoms with Crippen LogP contribution in [0.4, 0.5) is 4.39 Å². The lowest BCUT2D eigenvalue weighted by Gasteiger charge is -2.21. The molecule has 1 aliphatic heterocycles. The third-order valence-corrected chi connectivity index (χ3v) is 4.96. The van der Waals surface area contributed by atoms with Gasteiger partial charge in [0.05, 0.1) is 6.61 Å². The van der Waals surface area contributed by atoms with Crippen molar-refractivity contribution in [2.75, 3.05) is 26.7 Å². The highest BCUT2D eigenvalue weighted by Crippen LogP contribution is 2.31. The standard InChI is InChI=1S/C21H27FN2O/c1-16-14-18(5-7-20(16)22)19-6-8-21(23-15-19)25-13-3-4-17-9-11-24(2)12-10-17/h6-9,14-15,18H,3-5,10-13H2,1-2H3. The molecule has 0 saturated heterocycles. The van der Waals surface area contributed by atoms with E-state index in [1.54, 1.807) is 11.6 Å². The van der Waals surface area contributed by atoms with Crippen molar-refractivity contribution in [1.29, 1.82) is 0 Å². The highest BCUT2D eigenvalue weighted by Gasteiger charge is 2.15. The number of allylic oxidation sites excluding steroid dienone is 4. The van der Waals surface area contributed by atoms with Crippen molar-refractivity contribution in [3.8, 4) is 5.88 Å². The van der Waals surface area contributed by atoms with Gasteiger partial charge in [0.25, 0.3) is 0 Å². The Balaban J connectivity index is 1.44. The number of aromatic nitrogens is 1. The molecule has 3 rings (SSSR count). The van der Waals surface area contributed by atoms with E-state index in [1.807, 2.05) is 31.3 Å². The summed E-state index contributed by atoms with van der Waals surface area (Å²) in [5, 5.41) is 0. The topological polar surface area (TPSA) is 25.4 Å². The molecule has 1 aromatic heterocycles. The second-order valence-electron chi connectivity index (χ2n) is 7.00. The summed E-state index contributed by atoms with van der Waals surface area (Å²) in [7, 11) is 2.16. The van der Waals surface area contributed by atoms with Crippen molar-refractivity contribution in [3.63, 3.8) is 0 Å². The van der Waals surface area contributed by atoms with Crippen molar-refractivity contribution in [3.05, 3.63) is 59.1 Å². The van der Waals surface area contributed by atoms with Gasteiger partial charge in [0, 0.05) is 31.3 Å². The van der Waals surface area contributed by atoms with Gasteiger partial charge in [-0.15, -0.1) is 0 Å². The van der Waals surface area contributed by atoms with Crippen LogP contribution in [0.1, 0.15) is 44.1 Å². The summed E-state index contributed by atoms with van der Waals surface area (Å²) >= 11 is 0. The first kappa shape index (κ1) is 17.9. The van der Waals surface area contributed by atoms with E-state index in [2.05, 4.69) is 23.0 Å². The molecule has 0 fully saturated rings. The average molecular weight is 342 g/mol. The van der Waals surface area contributed by atoms with E-state index in [0.717, 1.165) is 31.5 Å². The van der Waals surface area contributed by atoms with Crippen molar-refractivity contribution in [2.45, 2.75) is 38.5 Å². The first-order chi connectivity index (χ1) is 12.1. The molecule has 2 heterocycles. The number of pyridine rings is 1. The monoisotopic (exact) mass is 342 g/mol. The number of likely N-dealkylation sites (N-methyl/N-ethyl adjacent to an activating group) is 1. The average Bonchev–Trinajstić information content (AvgIpc) is 2.63. The van der Waals surface area contributed by atoms with Gasteiger partial charge in [0.15, 0.2) is 0 Å². The van der Waals surface area contributed by atoms with Gasteiger partial charge in [-0.05, 0) is 56.9 Å². The Hall–Kier alpha value is -1.94. The highest BCUT2D eigenvalue weighted by molar-refractivity contribution is 5.35. The molecule has 3 nitrogen and oxygen atoms in total. The molecule has 1 unspecified atom stereocenters. The molecule has 0 aromatic carbocycles. The van der Waals surface area contributed by atoms with Gasteiger partial charge >= 0.3 is 0 Å². The zero-order valence-electron chi connectivity index (χ0n) is 15.2. The lowest BCUT2D eigenvalue weighted by atomic mass is 9.90. The molecule has 0 N–H and O–H groups in total. The first-order valence-corrected chi connectivity index (χ1v) is 9.11. The largest absolute Gasteiger partial charge is 0.478 e. The molecule has 4 heteroatoms. The van der Waals surface area contributed by atoms with Gasteiger partial charge in [-0.25, -0.2) is 9.37 Å². The van der Waals surface area contributed by atoms with Crippen molar-refractivity contribution in [2.24, 2.45) is 0 Å². The quantitative estimate of drug-likeness (QED) is 0.549. The van der Waals surface area contributed by atoms with Gasteiger partial charge in [0.2, 0.25) is 5.88 Å². The molecular weight excluding hydrogens is 315 g/mol. The maximum absolute atomic E-state index is 13.4. The zero-order valence-corrected chi connectivity index (χ0v) is 15.2. The Morgan fingerprint density at radius 3 is 2.88 bits per heavy atom. The van der Waals surface area contributed by atoms with E-state index in [9.17, 15) is 4.39 Å². The third-order valence-electron chi connectivity index (χ3n) is 4.96. The molecule has 25 heavy (non-hydrogen) atoms. The summed E-state index contributed by atoms with van der Waals surface area (Å²) in [5.41, 5.74) is 3.36. The van der Waals surface area contributed by atoms with Crippen LogP contribution in [0, 0.1) is 0 Å². The molecule has 134 valence electrons. The zero-order chi connectivity index (χ0) is 17.6. The van der Waals surface area contributed by atoms with Crippen LogP contribution in [0.3, 0.4) is 0 Å². The summed E-state index contributed by atoms with van der Waals surface area (Å²) in [5.74, 6) is 0.764. The summed E-state index contributed by atoms with van der Waals surface area (Å²) in [6.07, 6.45) is 11.8. The fraction of sp³-hybridized carbons (Fsp3) is 0.476. The van der Waals surface area contributed by atoms with Gasteiger partial charge in [-0.3, -0.25) is 0 Å². The van der Waals surface area contributed by atoms with Crippen LogP contribution >= 0.6 is 0 Å². The second-order valence-corrected chi connectivity index (χ2v) is 7.00. The number of halogens is 1. The van der Waals surface area contributed by atoms with Crippen molar-refractivity contribution in [1.82, 2.24) is 9.88 Å². The Morgan fingerprint density at radius 1 is 1.32 bits per heavy atom. The van der Waals surface area contributed by atoms with Crippen LogP contribution in [0.15, 0.2) is 53.5 Å². The molecule has 2 aliphatic rings. The van der Waals surface area contributed by atoms with Crippen LogP contribution in [0.25, 0.3) is 0 Å². The van der Waals surface area contributed by atoms with Crippen LogP contribution in [-0.4, -0.2) is 36.6 Å². The predicted octanol–water partition coefficient (Wildman–Crippen LogP) is 4.79. The molecule has 1 aliphatic carbocycles. The van der Waals surface area contributed by atoms with Crippen LogP contribution in [0.2, 0.25) is 0 Å². The molecule has 1 atom stereocenters. The van der Waals surface area contributed by atoms with E-state index < -0.39 is 0 Å². The Kier molecular flexibility index (Phi) is 6.03. The van der Waals surface area contributed by atoms with Gasteiger partial charge in [-0.1, -0.05) is 23.8 Å². The highest BCUT2D eigenvalue weighted by atomic mass is 19.1. The minimum absolute atomic E-state index is 0.108. The number of ether oxygens (including phenoxy) is 1. The fourth-order valence-electron chi connectivity index (χ4n) is 3.29. The lowest BCUT2D eigenvalue weighted by molar-refractivity contribution is 0.295. The van der Waals surface area contributed by atoms with E-state index in [0.29, 0.717) is 24.5 Å². The van der Waals surface area contributed by atoms with Crippen LogP contribution in [0.5, 0.6) is 5.88 Å². The van der Waals surface area contributed by atoms with Crippen LogP contribution in [-0.2, 0) is 0 Å². The fourth-order valence-corrected chi connectivity index (χ4v) is 3.29. The van der Waals surface area contributed by atoms with Crippen molar-refractivity contribution >= 4 is 0 Å². The normalized spacial score (nSPS) is 21.4. The Morgan fingerprint density at radius 2 is 2.20 bits per heavy atom. The Labute approximate surface area is 149 Å². The molecule has 0 spiro atoms. The lowest BCUT2D eigenvalue weighted by Crippen LogP contribution is -2.24. The van der Waals surface area contributed by atoms with Gasteiger partial charge < -0.3 is 9.64 Å². The van der Waals surface area contributed by atoms with E-state index >= 15 is 0 Å². The number of hydrogen-bond donors (Lipinski definition) is 0. The number of hydrogen-bond acceptors (Lipinski definition) is 3. The number of nitrogens with zero attached hydrogens (tertiary/aromatic N) is 2. The SMILES string of the molecule is CC1=CC(c2ccc(OCCCC3=CCN(C)CC3)nc2)CC=C1F. The predicted molar refractivity (Wildman–Crippen MR) is 99.5 cm³/mol. The third kappa shape index (κ3) is 5.02. The minimum atomic E-state index is -0.108. The Bertz CT molecular complexity index is 676. The first-order valence-electron chi connectivity index (χ1n) is 9.11. The maximum Gasteiger partial charge on any atom is 0.213 e. The van der Waals surface area contributed by atoms with E-state index in [-0.39, 0.29) is 11.7 Å². The molecule has 0 saturated carbocycles. The molecule has 0 amide bonds. The molecule has 1 aromatic rings. The summed E-state index contributed by atoms with van der Waals surface area (Å²) < 4.78 is 19.2. The van der Waals surface area contributed by atoms with E-state index in [1.165, 1.54) is 6.42 Å². The van der Waals surface area contributed by atoms with Crippen LogP contribution < -0.4 is 4.74 Å².